The second kappa shape index (κ2) is 9.13. The molecule has 0 N–H and O–H groups in total. The molecule has 0 aliphatic rings. The number of hydrogen-bond acceptors (Lipinski definition) is 6. The van der Waals surface area contributed by atoms with E-state index in [9.17, 15) is 10.1 Å². The largest absolute Gasteiger partial charge is 0.371 e. The molecule has 0 saturated carbocycles. The summed E-state index contributed by atoms with van der Waals surface area (Å²) >= 11 is 0. The molecule has 7 nitrogen and oxygen atoms in total. The Balaban J connectivity index is 2.05. The Bertz CT molecular complexity index is 764. The van der Waals surface area contributed by atoms with Gasteiger partial charge in [-0.15, -0.1) is 0 Å². The lowest BCUT2D eigenvalue weighted by Crippen LogP contribution is -2.24. The fourth-order valence-corrected chi connectivity index (χ4v) is 2.31. The highest BCUT2D eigenvalue weighted by Gasteiger charge is 2.05. The molecule has 0 fully saturated rings. The maximum absolute atomic E-state index is 10.6. The average Bonchev–Trinajstić information content (AvgIpc) is 2.64. The lowest BCUT2D eigenvalue weighted by Gasteiger charge is -2.23. The first kappa shape index (κ1) is 18.1. The Hall–Kier alpha value is -3.27. The van der Waals surface area contributed by atoms with Crippen molar-refractivity contribution in [1.82, 2.24) is 0 Å². The molecule has 0 amide bonds. The van der Waals surface area contributed by atoms with E-state index in [1.54, 1.807) is 12.1 Å². The van der Waals surface area contributed by atoms with Gasteiger partial charge in [-0.1, -0.05) is 6.92 Å². The molecular weight excluding hydrogens is 318 g/mol. The van der Waals surface area contributed by atoms with E-state index < -0.39 is 4.92 Å². The van der Waals surface area contributed by atoms with Gasteiger partial charge >= 0.3 is 0 Å². The molecule has 2 aromatic carbocycles. The smallest absolute Gasteiger partial charge is 0.269 e. The van der Waals surface area contributed by atoms with E-state index in [1.165, 1.54) is 12.1 Å². The second-order valence-electron chi connectivity index (χ2n) is 5.39. The van der Waals surface area contributed by atoms with Crippen molar-refractivity contribution in [2.24, 2.45) is 10.2 Å². The number of nitriles is 1. The number of nitro benzene ring substituents is 1. The minimum atomic E-state index is -0.450. The number of nitrogens with zero attached hydrogens (tertiary/aromatic N) is 5. The van der Waals surface area contributed by atoms with Crippen molar-refractivity contribution < 1.29 is 4.92 Å². The number of non-ortho nitro benzene ring substituents is 1. The molecule has 2 aromatic rings. The summed E-state index contributed by atoms with van der Waals surface area (Å²) in [6.07, 6.45) is 1.49. The quantitative estimate of drug-likeness (QED) is 0.378. The molecule has 0 aromatic heterocycles. The molecule has 0 saturated heterocycles. The Morgan fingerprint density at radius 1 is 1.04 bits per heavy atom. The highest BCUT2D eigenvalue weighted by Crippen LogP contribution is 2.23. The van der Waals surface area contributed by atoms with Gasteiger partial charge in [-0.25, -0.2) is 0 Å². The summed E-state index contributed by atoms with van der Waals surface area (Å²) in [5.41, 5.74) is 2.32. The van der Waals surface area contributed by atoms with Crippen LogP contribution < -0.4 is 4.90 Å². The Kier molecular flexibility index (Phi) is 6.60. The van der Waals surface area contributed by atoms with Crippen LogP contribution in [0.2, 0.25) is 0 Å². The van der Waals surface area contributed by atoms with Gasteiger partial charge in [0.25, 0.3) is 5.69 Å². The SMILES string of the molecule is CCCN(CCC#N)c1ccc(N=Nc2ccc([N+](=O)[O-])cc2)cc1. The predicted octanol–water partition coefficient (Wildman–Crippen LogP) is 5.14. The highest BCUT2D eigenvalue weighted by molar-refractivity contribution is 5.53. The lowest BCUT2D eigenvalue weighted by molar-refractivity contribution is -0.384. The van der Waals surface area contributed by atoms with E-state index in [2.05, 4.69) is 28.1 Å². The summed E-state index contributed by atoms with van der Waals surface area (Å²) in [5.74, 6) is 0. The van der Waals surface area contributed by atoms with Crippen molar-refractivity contribution in [3.63, 3.8) is 0 Å². The van der Waals surface area contributed by atoms with Gasteiger partial charge in [-0.3, -0.25) is 10.1 Å². The van der Waals surface area contributed by atoms with Crippen LogP contribution >= 0.6 is 0 Å². The normalized spacial score (nSPS) is 10.6. The first-order chi connectivity index (χ1) is 12.1. The molecule has 0 bridgehead atoms. The maximum Gasteiger partial charge on any atom is 0.269 e. The molecule has 0 atom stereocenters. The highest BCUT2D eigenvalue weighted by atomic mass is 16.6. The summed E-state index contributed by atoms with van der Waals surface area (Å²) in [5, 5.41) is 27.6. The van der Waals surface area contributed by atoms with Crippen molar-refractivity contribution in [2.75, 3.05) is 18.0 Å². The molecule has 7 heteroatoms. The van der Waals surface area contributed by atoms with Gasteiger partial charge in [0.2, 0.25) is 0 Å². The van der Waals surface area contributed by atoms with Crippen LogP contribution in [0.4, 0.5) is 22.7 Å². The molecule has 0 radical (unpaired) electrons. The fourth-order valence-electron chi connectivity index (χ4n) is 2.31. The first-order valence-electron chi connectivity index (χ1n) is 8.02. The van der Waals surface area contributed by atoms with Crippen LogP contribution in [0.5, 0.6) is 0 Å². The van der Waals surface area contributed by atoms with Gasteiger partial charge in [0.15, 0.2) is 0 Å². The van der Waals surface area contributed by atoms with Crippen molar-refractivity contribution in [3.8, 4) is 6.07 Å². The van der Waals surface area contributed by atoms with Crippen LogP contribution in [0.15, 0.2) is 58.8 Å². The number of anilines is 1. The second-order valence-corrected chi connectivity index (χ2v) is 5.39. The zero-order chi connectivity index (χ0) is 18.1. The Morgan fingerprint density at radius 3 is 2.08 bits per heavy atom. The van der Waals surface area contributed by atoms with Crippen molar-refractivity contribution >= 4 is 22.7 Å². The Morgan fingerprint density at radius 2 is 1.60 bits per heavy atom. The molecule has 25 heavy (non-hydrogen) atoms. The molecular formula is C18H19N5O2. The van der Waals surface area contributed by atoms with Crippen molar-refractivity contribution in [2.45, 2.75) is 19.8 Å². The van der Waals surface area contributed by atoms with Crippen LogP contribution in [-0.4, -0.2) is 18.0 Å². The molecule has 0 aliphatic heterocycles. The molecule has 0 heterocycles. The molecule has 0 unspecified atom stereocenters. The molecule has 128 valence electrons. The minimum Gasteiger partial charge on any atom is -0.371 e. The zero-order valence-electron chi connectivity index (χ0n) is 14.0. The topological polar surface area (TPSA) is 94.9 Å². The van der Waals surface area contributed by atoms with Crippen LogP contribution in [0.25, 0.3) is 0 Å². The number of rotatable bonds is 8. The standard InChI is InChI=1S/C18H19N5O2/c1-2-13-22(14-3-12-19)17-8-4-15(5-9-17)20-21-16-6-10-18(11-7-16)23(24)25/h4-11H,2-3,13-14H2,1H3. The summed E-state index contributed by atoms with van der Waals surface area (Å²) in [6.45, 7) is 3.70. The van der Waals surface area contributed by atoms with Gasteiger partial charge in [0, 0.05) is 30.9 Å². The van der Waals surface area contributed by atoms with E-state index in [0.29, 0.717) is 24.3 Å². The average molecular weight is 337 g/mol. The summed E-state index contributed by atoms with van der Waals surface area (Å²) in [6, 6.07) is 15.7. The van der Waals surface area contributed by atoms with Gasteiger partial charge in [-0.2, -0.15) is 15.5 Å². The summed E-state index contributed by atoms with van der Waals surface area (Å²) in [7, 11) is 0. The Labute approximate surface area is 146 Å². The van der Waals surface area contributed by atoms with E-state index in [0.717, 1.165) is 18.7 Å². The van der Waals surface area contributed by atoms with E-state index in [4.69, 9.17) is 5.26 Å². The third kappa shape index (κ3) is 5.39. The predicted molar refractivity (Wildman–Crippen MR) is 96.4 cm³/mol. The van der Waals surface area contributed by atoms with E-state index in [-0.39, 0.29) is 5.69 Å². The number of hydrogen-bond donors (Lipinski definition) is 0. The summed E-state index contributed by atoms with van der Waals surface area (Å²) < 4.78 is 0. The molecule has 0 spiro atoms. The first-order valence-corrected chi connectivity index (χ1v) is 8.02. The van der Waals surface area contributed by atoms with Crippen molar-refractivity contribution in [3.05, 3.63) is 58.6 Å². The zero-order valence-corrected chi connectivity index (χ0v) is 14.0. The summed E-state index contributed by atoms with van der Waals surface area (Å²) in [4.78, 5) is 12.3. The third-order valence-corrected chi connectivity index (χ3v) is 3.54. The van der Waals surface area contributed by atoms with Gasteiger partial charge in [0.05, 0.1) is 28.8 Å². The lowest BCUT2D eigenvalue weighted by atomic mass is 10.2. The van der Waals surface area contributed by atoms with Gasteiger partial charge in [0.1, 0.15) is 0 Å². The molecule has 0 aliphatic carbocycles. The number of benzene rings is 2. The fraction of sp³-hybridized carbons (Fsp3) is 0.278. The van der Waals surface area contributed by atoms with Crippen LogP contribution in [0, 0.1) is 21.4 Å². The monoisotopic (exact) mass is 337 g/mol. The number of nitro groups is 1. The molecule has 2 rings (SSSR count). The minimum absolute atomic E-state index is 0.0247. The van der Waals surface area contributed by atoms with Crippen LogP contribution in [0.1, 0.15) is 19.8 Å². The third-order valence-electron chi connectivity index (χ3n) is 3.54. The van der Waals surface area contributed by atoms with Crippen molar-refractivity contribution in [1.29, 1.82) is 5.26 Å². The van der Waals surface area contributed by atoms with Crippen LogP contribution in [0.3, 0.4) is 0 Å². The van der Waals surface area contributed by atoms with E-state index in [1.807, 2.05) is 24.3 Å². The number of azo groups is 1. The van der Waals surface area contributed by atoms with E-state index >= 15 is 0 Å². The van der Waals surface area contributed by atoms with Crippen LogP contribution in [-0.2, 0) is 0 Å². The van der Waals surface area contributed by atoms with Gasteiger partial charge < -0.3 is 4.90 Å². The van der Waals surface area contributed by atoms with Gasteiger partial charge in [-0.05, 0) is 42.8 Å². The maximum atomic E-state index is 10.6.